The highest BCUT2D eigenvalue weighted by Gasteiger charge is 2.27. The molecule has 0 unspecified atom stereocenters. The number of carbonyl (C=O) groups excluding carboxylic acids is 1. The van der Waals surface area contributed by atoms with Gasteiger partial charge < -0.3 is 10.1 Å². The van der Waals surface area contributed by atoms with Crippen LogP contribution in [0.4, 0.5) is 5.69 Å². The average Bonchev–Trinajstić information content (AvgIpc) is 3.16. The number of likely N-dealkylation sites (tertiary alicyclic amines) is 1. The fourth-order valence-electron chi connectivity index (χ4n) is 3.71. The van der Waals surface area contributed by atoms with E-state index in [0.717, 1.165) is 45.2 Å². The lowest BCUT2D eigenvalue weighted by atomic mass is 10.2. The number of carbonyl (C=O) groups is 1. The molecule has 1 aromatic carbocycles. The Balaban J connectivity index is 1.82. The zero-order valence-corrected chi connectivity index (χ0v) is 17.6. The molecule has 0 radical (unpaired) electrons. The van der Waals surface area contributed by atoms with Gasteiger partial charge in [-0.3, -0.25) is 9.69 Å². The standard InChI is InChI=1S/C20H31N3O4S/c1-16(2)27-19-9-8-17(28(25,26)23-12-4-3-5-13-23)14-18(19)21-20(24)15-22-10-6-7-11-22/h8-9,14,16H,3-7,10-13,15H2,1-2H3,(H,21,24). The van der Waals surface area contributed by atoms with Crippen molar-refractivity contribution in [1.29, 1.82) is 0 Å². The van der Waals surface area contributed by atoms with E-state index in [1.807, 2.05) is 13.8 Å². The van der Waals surface area contributed by atoms with E-state index in [9.17, 15) is 13.2 Å². The number of nitrogens with one attached hydrogen (secondary N) is 1. The second-order valence-electron chi connectivity index (χ2n) is 7.82. The third-order valence-electron chi connectivity index (χ3n) is 5.11. The predicted octanol–water partition coefficient (Wildman–Crippen LogP) is 2.68. The molecule has 1 N–H and O–H groups in total. The highest BCUT2D eigenvalue weighted by molar-refractivity contribution is 7.89. The molecule has 7 nitrogen and oxygen atoms in total. The molecule has 0 bridgehead atoms. The van der Waals surface area contributed by atoms with Gasteiger partial charge in [-0.1, -0.05) is 6.42 Å². The molecule has 28 heavy (non-hydrogen) atoms. The Hall–Kier alpha value is -1.64. The van der Waals surface area contributed by atoms with Crippen LogP contribution in [0.1, 0.15) is 46.0 Å². The van der Waals surface area contributed by atoms with Gasteiger partial charge in [0.15, 0.2) is 0 Å². The second-order valence-corrected chi connectivity index (χ2v) is 9.76. The molecule has 0 aromatic heterocycles. The number of amides is 1. The molecule has 2 heterocycles. The molecule has 1 amide bonds. The van der Waals surface area contributed by atoms with Crippen LogP contribution in [0.2, 0.25) is 0 Å². The number of benzene rings is 1. The van der Waals surface area contributed by atoms with Crippen LogP contribution in [-0.2, 0) is 14.8 Å². The molecule has 3 rings (SSSR count). The minimum atomic E-state index is -3.57. The van der Waals surface area contributed by atoms with E-state index in [4.69, 9.17) is 4.74 Å². The molecular formula is C20H31N3O4S. The summed E-state index contributed by atoms with van der Waals surface area (Å²) in [6.45, 7) is 7.04. The van der Waals surface area contributed by atoms with Crippen LogP contribution in [-0.4, -0.2) is 62.4 Å². The average molecular weight is 410 g/mol. The predicted molar refractivity (Wildman–Crippen MR) is 109 cm³/mol. The minimum Gasteiger partial charge on any atom is -0.489 e. The summed E-state index contributed by atoms with van der Waals surface area (Å²) in [5.74, 6) is 0.338. The van der Waals surface area contributed by atoms with E-state index in [0.29, 0.717) is 31.1 Å². The topological polar surface area (TPSA) is 79.0 Å². The number of sulfonamides is 1. The fraction of sp³-hybridized carbons (Fsp3) is 0.650. The Morgan fingerprint density at radius 3 is 2.36 bits per heavy atom. The van der Waals surface area contributed by atoms with Crippen LogP contribution in [0.5, 0.6) is 5.75 Å². The van der Waals surface area contributed by atoms with Crippen molar-refractivity contribution in [1.82, 2.24) is 9.21 Å². The van der Waals surface area contributed by atoms with E-state index < -0.39 is 10.0 Å². The number of anilines is 1. The number of nitrogens with zero attached hydrogens (tertiary/aromatic N) is 2. The second kappa shape index (κ2) is 9.24. The van der Waals surface area contributed by atoms with Crippen molar-refractivity contribution in [3.63, 3.8) is 0 Å². The summed E-state index contributed by atoms with van der Waals surface area (Å²) in [5.41, 5.74) is 0.413. The summed E-state index contributed by atoms with van der Waals surface area (Å²) >= 11 is 0. The number of hydrogen-bond donors (Lipinski definition) is 1. The SMILES string of the molecule is CC(C)Oc1ccc(S(=O)(=O)N2CCCCC2)cc1NC(=O)CN1CCCC1. The lowest BCUT2D eigenvalue weighted by Gasteiger charge is -2.26. The van der Waals surface area contributed by atoms with Gasteiger partial charge in [-0.2, -0.15) is 4.31 Å². The molecule has 8 heteroatoms. The molecule has 2 saturated heterocycles. The zero-order valence-electron chi connectivity index (χ0n) is 16.8. The van der Waals surface area contributed by atoms with Gasteiger partial charge in [0.25, 0.3) is 0 Å². The van der Waals surface area contributed by atoms with Crippen molar-refractivity contribution in [2.24, 2.45) is 0 Å². The van der Waals surface area contributed by atoms with Crippen LogP contribution in [0, 0.1) is 0 Å². The number of piperidine rings is 1. The third-order valence-corrected chi connectivity index (χ3v) is 7.00. The van der Waals surface area contributed by atoms with E-state index in [-0.39, 0.29) is 16.9 Å². The van der Waals surface area contributed by atoms with Gasteiger partial charge in [0.05, 0.1) is 23.2 Å². The van der Waals surface area contributed by atoms with Crippen molar-refractivity contribution in [2.75, 3.05) is 38.0 Å². The molecule has 156 valence electrons. The quantitative estimate of drug-likeness (QED) is 0.749. The maximum atomic E-state index is 13.0. The Morgan fingerprint density at radius 2 is 1.71 bits per heavy atom. The van der Waals surface area contributed by atoms with Gasteiger partial charge in [0.2, 0.25) is 15.9 Å². The van der Waals surface area contributed by atoms with Gasteiger partial charge >= 0.3 is 0 Å². The first kappa shape index (κ1) is 21.1. The Bertz CT molecular complexity index is 783. The largest absolute Gasteiger partial charge is 0.489 e. The first-order chi connectivity index (χ1) is 13.4. The van der Waals surface area contributed by atoms with Gasteiger partial charge in [-0.25, -0.2) is 8.42 Å². The van der Waals surface area contributed by atoms with E-state index in [2.05, 4.69) is 10.2 Å². The van der Waals surface area contributed by atoms with Crippen molar-refractivity contribution < 1.29 is 17.9 Å². The summed E-state index contributed by atoms with van der Waals surface area (Å²) < 4.78 is 33.3. The third kappa shape index (κ3) is 5.24. The van der Waals surface area contributed by atoms with Gasteiger partial charge in [0, 0.05) is 13.1 Å². The van der Waals surface area contributed by atoms with Crippen LogP contribution < -0.4 is 10.1 Å². The number of hydrogen-bond acceptors (Lipinski definition) is 5. The molecule has 2 aliphatic heterocycles. The minimum absolute atomic E-state index is 0.0845. The summed E-state index contributed by atoms with van der Waals surface area (Å²) in [5, 5.41) is 2.87. The molecule has 1 aromatic rings. The van der Waals surface area contributed by atoms with Crippen molar-refractivity contribution in [3.8, 4) is 5.75 Å². The Kier molecular flexibility index (Phi) is 6.95. The molecule has 0 spiro atoms. The Labute approximate surface area is 168 Å². The molecule has 0 saturated carbocycles. The van der Waals surface area contributed by atoms with Gasteiger partial charge in [-0.05, 0) is 70.8 Å². The highest BCUT2D eigenvalue weighted by atomic mass is 32.2. The fourth-order valence-corrected chi connectivity index (χ4v) is 5.26. The van der Waals surface area contributed by atoms with E-state index in [1.165, 1.54) is 10.4 Å². The molecule has 2 fully saturated rings. The van der Waals surface area contributed by atoms with Crippen LogP contribution in [0.15, 0.2) is 23.1 Å². The summed E-state index contributed by atoms with van der Waals surface area (Å²) in [6, 6.07) is 4.74. The normalized spacial score (nSPS) is 19.1. The maximum absolute atomic E-state index is 13.0. The monoisotopic (exact) mass is 409 g/mol. The van der Waals surface area contributed by atoms with Crippen molar-refractivity contribution in [2.45, 2.75) is 57.0 Å². The van der Waals surface area contributed by atoms with Gasteiger partial charge in [-0.15, -0.1) is 0 Å². The first-order valence-electron chi connectivity index (χ1n) is 10.2. The number of rotatable bonds is 7. The lowest BCUT2D eigenvalue weighted by Crippen LogP contribution is -2.35. The van der Waals surface area contributed by atoms with Crippen LogP contribution in [0.25, 0.3) is 0 Å². The zero-order chi connectivity index (χ0) is 20.1. The van der Waals surface area contributed by atoms with Crippen molar-refractivity contribution in [3.05, 3.63) is 18.2 Å². The molecular weight excluding hydrogens is 378 g/mol. The van der Waals surface area contributed by atoms with E-state index >= 15 is 0 Å². The first-order valence-corrected chi connectivity index (χ1v) is 11.6. The molecule has 0 aliphatic carbocycles. The van der Waals surface area contributed by atoms with Crippen molar-refractivity contribution >= 4 is 21.6 Å². The Morgan fingerprint density at radius 1 is 1.07 bits per heavy atom. The molecule has 2 aliphatic rings. The van der Waals surface area contributed by atoms with E-state index in [1.54, 1.807) is 12.1 Å². The van der Waals surface area contributed by atoms with Crippen LogP contribution in [0.3, 0.4) is 0 Å². The molecule has 0 atom stereocenters. The smallest absolute Gasteiger partial charge is 0.243 e. The van der Waals surface area contributed by atoms with Crippen LogP contribution >= 0.6 is 0 Å². The summed E-state index contributed by atoms with van der Waals surface area (Å²) in [7, 11) is -3.57. The lowest BCUT2D eigenvalue weighted by molar-refractivity contribution is -0.117. The summed E-state index contributed by atoms with van der Waals surface area (Å²) in [6.07, 6.45) is 4.96. The highest BCUT2D eigenvalue weighted by Crippen LogP contribution is 2.31. The summed E-state index contributed by atoms with van der Waals surface area (Å²) in [4.78, 5) is 14.8. The van der Waals surface area contributed by atoms with Gasteiger partial charge in [0.1, 0.15) is 5.75 Å². The number of ether oxygens (including phenoxy) is 1. The maximum Gasteiger partial charge on any atom is 0.243 e.